The fourth-order valence-electron chi connectivity index (χ4n) is 7.18. The number of aromatic nitrogens is 5. The molecule has 4 atom stereocenters. The molecule has 15 nitrogen and oxygen atoms in total. The number of aliphatic imine (C=N–C) groups is 1. The maximum atomic E-state index is 13.5. The number of aromatic amines is 2. The van der Waals surface area contributed by atoms with Crippen molar-refractivity contribution >= 4 is 14.7 Å². The Kier molecular flexibility index (Phi) is 14.4. The van der Waals surface area contributed by atoms with Crippen molar-refractivity contribution in [2.45, 2.75) is 76.7 Å². The number of hydrogen-bond acceptors (Lipinski definition) is 12. The van der Waals surface area contributed by atoms with Crippen molar-refractivity contribution in [1.82, 2.24) is 29.6 Å². The highest BCUT2D eigenvalue weighted by Gasteiger charge is 2.45. The Morgan fingerprint density at radius 2 is 1.57 bits per heavy atom. The number of ether oxygens (including phenoxy) is 4. The monoisotopic (exact) mass is 813 g/mol. The molecule has 0 saturated carbocycles. The van der Waals surface area contributed by atoms with Crippen molar-refractivity contribution < 1.29 is 28.0 Å². The van der Waals surface area contributed by atoms with Crippen LogP contribution in [0.3, 0.4) is 0 Å². The summed E-state index contributed by atoms with van der Waals surface area (Å²) in [6.07, 6.45) is 3.41. The third-order valence-electron chi connectivity index (χ3n) is 9.89. The maximum absolute atomic E-state index is 13.5. The van der Waals surface area contributed by atoms with E-state index in [2.05, 4.69) is 57.8 Å². The summed E-state index contributed by atoms with van der Waals surface area (Å²) in [5, 5.41) is 10.4. The van der Waals surface area contributed by atoms with Crippen LogP contribution in [-0.2, 0) is 24.1 Å². The topological polar surface area (TPSA) is 167 Å². The molecule has 2 aromatic heterocycles. The van der Waals surface area contributed by atoms with Gasteiger partial charge in [-0.3, -0.25) is 19.4 Å². The van der Waals surface area contributed by atoms with Crippen LogP contribution in [0.1, 0.15) is 63.5 Å². The number of methoxy groups -OCH3 is 2. The van der Waals surface area contributed by atoms with Gasteiger partial charge in [-0.15, -0.1) is 5.10 Å². The summed E-state index contributed by atoms with van der Waals surface area (Å²) in [5.74, 6) is 1.40. The SMILES string of the molecule is C/N=C/CCOP(OC1CC(n2cc(-c3c[nH]nn3)c(=O)[nH]c2=O)OC1COC(c1ccccc1)(c1ccc(OC)cc1)c1ccc(OC)cc1)N(C(C)C)C(C)C. The van der Waals surface area contributed by atoms with Crippen molar-refractivity contribution in [2.75, 3.05) is 34.5 Å². The molecule has 6 rings (SSSR count). The fourth-order valence-corrected chi connectivity index (χ4v) is 8.95. The highest BCUT2D eigenvalue weighted by molar-refractivity contribution is 7.44. The van der Waals surface area contributed by atoms with E-state index >= 15 is 0 Å². The zero-order valence-electron chi connectivity index (χ0n) is 33.9. The van der Waals surface area contributed by atoms with Crippen molar-refractivity contribution in [3.05, 3.63) is 129 Å². The second-order valence-corrected chi connectivity index (χ2v) is 15.7. The number of rotatable bonds is 19. The largest absolute Gasteiger partial charge is 0.497 e. The molecule has 0 amide bonds. The molecule has 1 saturated heterocycles. The van der Waals surface area contributed by atoms with Crippen molar-refractivity contribution in [3.63, 3.8) is 0 Å². The standard InChI is InChI=1S/C42H52N7O8P/c1-28(2)49(29(3)4)58(55-23-11-22-43-5)57-37-24-39(48-26-35(36-25-44-47-46-36)40(50)45-41(48)51)56-38(37)27-54-42(30-12-9-8-10-13-30,31-14-18-33(52-6)19-15-31)32-16-20-34(53-7)21-17-32/h8-10,12-22,25-26,28-29,37-39H,11,23-24,27H2,1-7H3,(H,44,46,47)(H,45,50,51)/b43-22+. The van der Waals surface area contributed by atoms with Gasteiger partial charge in [0, 0.05) is 44.4 Å². The lowest BCUT2D eigenvalue weighted by molar-refractivity contribution is -0.0925. The van der Waals surface area contributed by atoms with Crippen molar-refractivity contribution in [2.24, 2.45) is 4.99 Å². The number of H-pyrrole nitrogens is 2. The quantitative estimate of drug-likeness (QED) is 0.0406. The van der Waals surface area contributed by atoms with Crippen LogP contribution in [0, 0.1) is 0 Å². The Hall–Kier alpha value is -5.02. The van der Waals surface area contributed by atoms with Crippen molar-refractivity contribution in [3.8, 4) is 22.8 Å². The van der Waals surface area contributed by atoms with Gasteiger partial charge in [0.2, 0.25) is 0 Å². The molecule has 1 fully saturated rings. The molecule has 1 aliphatic rings. The number of nitrogens with zero attached hydrogens (tertiary/aromatic N) is 5. The van der Waals surface area contributed by atoms with Gasteiger partial charge in [0.25, 0.3) is 14.1 Å². The minimum Gasteiger partial charge on any atom is -0.497 e. The average molecular weight is 814 g/mol. The minimum atomic E-state index is -1.63. The van der Waals surface area contributed by atoms with Crippen LogP contribution in [0.4, 0.5) is 0 Å². The first-order chi connectivity index (χ1) is 28.1. The molecule has 0 spiro atoms. The molecule has 2 N–H and O–H groups in total. The van der Waals surface area contributed by atoms with Crippen LogP contribution in [-0.4, -0.2) is 94.6 Å². The van der Waals surface area contributed by atoms with Gasteiger partial charge in [-0.05, 0) is 68.7 Å². The summed E-state index contributed by atoms with van der Waals surface area (Å²) in [4.78, 5) is 33.0. The van der Waals surface area contributed by atoms with E-state index in [9.17, 15) is 9.59 Å². The molecule has 3 heterocycles. The first-order valence-electron chi connectivity index (χ1n) is 19.2. The van der Waals surface area contributed by atoms with Gasteiger partial charge in [0.05, 0.1) is 45.3 Å². The molecular formula is C42H52N7O8P. The van der Waals surface area contributed by atoms with Gasteiger partial charge in [-0.2, -0.15) is 0 Å². The zero-order chi connectivity index (χ0) is 41.2. The molecule has 0 aliphatic carbocycles. The lowest BCUT2D eigenvalue weighted by atomic mass is 9.80. The highest BCUT2D eigenvalue weighted by Crippen LogP contribution is 2.50. The third kappa shape index (κ3) is 9.47. The van der Waals surface area contributed by atoms with E-state index in [4.69, 9.17) is 28.0 Å². The van der Waals surface area contributed by atoms with Crippen LogP contribution < -0.4 is 20.7 Å². The first-order valence-corrected chi connectivity index (χ1v) is 20.4. The molecule has 0 radical (unpaired) electrons. The average Bonchev–Trinajstić information content (AvgIpc) is 3.91. The lowest BCUT2D eigenvalue weighted by Crippen LogP contribution is -2.39. The van der Waals surface area contributed by atoms with Gasteiger partial charge in [-0.1, -0.05) is 59.8 Å². The van der Waals surface area contributed by atoms with Crippen LogP contribution in [0.15, 0.2) is 106 Å². The minimum absolute atomic E-state index is 0.0252. The number of benzene rings is 3. The molecule has 5 aromatic rings. The molecule has 4 unspecified atom stereocenters. The van der Waals surface area contributed by atoms with Crippen LogP contribution >= 0.6 is 8.53 Å². The predicted molar refractivity (Wildman–Crippen MR) is 222 cm³/mol. The van der Waals surface area contributed by atoms with E-state index in [1.165, 1.54) is 17.0 Å². The van der Waals surface area contributed by atoms with Crippen LogP contribution in [0.5, 0.6) is 11.5 Å². The molecule has 1 aliphatic heterocycles. The number of nitrogens with one attached hydrogen (secondary N) is 2. The zero-order valence-corrected chi connectivity index (χ0v) is 34.8. The summed E-state index contributed by atoms with van der Waals surface area (Å²) in [7, 11) is 3.36. The molecule has 16 heteroatoms. The summed E-state index contributed by atoms with van der Waals surface area (Å²) >= 11 is 0. The van der Waals surface area contributed by atoms with E-state index in [0.717, 1.165) is 16.7 Å². The van der Waals surface area contributed by atoms with E-state index in [1.54, 1.807) is 21.3 Å². The molecular weight excluding hydrogens is 761 g/mol. The van der Waals surface area contributed by atoms with E-state index in [-0.39, 0.29) is 36.4 Å². The third-order valence-corrected chi connectivity index (χ3v) is 12.0. The van der Waals surface area contributed by atoms with E-state index in [0.29, 0.717) is 24.5 Å². The fraction of sp³-hybridized carbons (Fsp3) is 0.405. The molecule has 3 aromatic carbocycles. The van der Waals surface area contributed by atoms with Gasteiger partial charge in [0.15, 0.2) is 0 Å². The summed E-state index contributed by atoms with van der Waals surface area (Å²) in [5.41, 5.74) is 0.628. The second-order valence-electron chi connectivity index (χ2n) is 14.3. The van der Waals surface area contributed by atoms with E-state index < -0.39 is 43.8 Å². The molecule has 0 bridgehead atoms. The second kappa shape index (κ2) is 19.6. The predicted octanol–water partition coefficient (Wildman–Crippen LogP) is 6.47. The summed E-state index contributed by atoms with van der Waals surface area (Å²) < 4.78 is 42.3. The van der Waals surface area contributed by atoms with Gasteiger partial charge < -0.3 is 33.0 Å². The van der Waals surface area contributed by atoms with E-state index in [1.807, 2.05) is 85.1 Å². The van der Waals surface area contributed by atoms with Crippen molar-refractivity contribution in [1.29, 1.82) is 0 Å². The van der Waals surface area contributed by atoms with Gasteiger partial charge in [-0.25, -0.2) is 9.46 Å². The Morgan fingerprint density at radius 3 is 2.12 bits per heavy atom. The summed E-state index contributed by atoms with van der Waals surface area (Å²) in [6, 6.07) is 25.7. The molecule has 58 heavy (non-hydrogen) atoms. The Labute approximate surface area is 339 Å². The number of hydrogen-bond donors (Lipinski definition) is 2. The molecule has 308 valence electrons. The highest BCUT2D eigenvalue weighted by atomic mass is 31.2. The smallest absolute Gasteiger partial charge is 0.330 e. The van der Waals surface area contributed by atoms with Gasteiger partial charge in [0.1, 0.15) is 35.1 Å². The maximum Gasteiger partial charge on any atom is 0.330 e. The first kappa shape index (κ1) is 42.6. The Balaban J connectivity index is 1.44. The Morgan fingerprint density at radius 1 is 0.948 bits per heavy atom. The Bertz CT molecular complexity index is 2120. The van der Waals surface area contributed by atoms with Crippen LogP contribution in [0.25, 0.3) is 11.3 Å². The van der Waals surface area contributed by atoms with Gasteiger partial charge >= 0.3 is 5.69 Å². The lowest BCUT2D eigenvalue weighted by Gasteiger charge is -2.39. The summed E-state index contributed by atoms with van der Waals surface area (Å²) in [6.45, 7) is 8.84. The normalized spacial score (nSPS) is 17.8. The van der Waals surface area contributed by atoms with Crippen LogP contribution in [0.2, 0.25) is 0 Å².